The van der Waals surface area contributed by atoms with Crippen molar-refractivity contribution in [2.45, 2.75) is 31.8 Å². The van der Waals surface area contributed by atoms with E-state index in [1.165, 1.54) is 23.1 Å². The molecule has 154 valence electrons. The molecular formula is C20H20N6O2S2. The first-order chi connectivity index (χ1) is 14.4. The summed E-state index contributed by atoms with van der Waals surface area (Å²) < 4.78 is 1.60. The SMILES string of the molecule is Cc1sc2nc(CS[C@H](C)C(=O)Nc3cccnc3-n3cccn3)[nH]c(=O)c2c1C. The third kappa shape index (κ3) is 4.01. The number of pyridine rings is 1. The Morgan fingerprint density at radius 2 is 2.17 bits per heavy atom. The first-order valence-corrected chi connectivity index (χ1v) is 11.2. The summed E-state index contributed by atoms with van der Waals surface area (Å²) in [5.74, 6) is 1.38. The van der Waals surface area contributed by atoms with Crippen molar-refractivity contribution in [3.05, 3.63) is 63.4 Å². The Hall–Kier alpha value is -2.98. The van der Waals surface area contributed by atoms with Crippen molar-refractivity contribution in [3.8, 4) is 5.82 Å². The molecule has 0 aliphatic heterocycles. The normalized spacial score (nSPS) is 12.2. The summed E-state index contributed by atoms with van der Waals surface area (Å²) >= 11 is 2.92. The van der Waals surface area contributed by atoms with E-state index in [1.54, 1.807) is 41.5 Å². The van der Waals surface area contributed by atoms with Crippen LogP contribution in [0, 0.1) is 13.8 Å². The number of aromatic amines is 1. The summed E-state index contributed by atoms with van der Waals surface area (Å²) in [7, 11) is 0. The Bertz CT molecular complexity index is 1260. The van der Waals surface area contributed by atoms with Gasteiger partial charge >= 0.3 is 0 Å². The molecule has 0 aliphatic carbocycles. The average molecular weight is 441 g/mol. The Labute approximate surface area is 180 Å². The second-order valence-corrected chi connectivity index (χ2v) is 9.28. The Kier molecular flexibility index (Phi) is 5.69. The molecule has 0 aliphatic rings. The Balaban J connectivity index is 1.45. The lowest BCUT2D eigenvalue weighted by Gasteiger charge is -2.14. The predicted octanol–water partition coefficient (Wildman–Crippen LogP) is 3.44. The van der Waals surface area contributed by atoms with Crippen molar-refractivity contribution in [3.63, 3.8) is 0 Å². The highest BCUT2D eigenvalue weighted by atomic mass is 32.2. The van der Waals surface area contributed by atoms with Crippen molar-refractivity contribution in [1.29, 1.82) is 0 Å². The van der Waals surface area contributed by atoms with E-state index in [0.717, 1.165) is 15.3 Å². The molecule has 10 heteroatoms. The van der Waals surface area contributed by atoms with Crippen molar-refractivity contribution in [2.75, 3.05) is 5.32 Å². The molecule has 4 heterocycles. The fraction of sp³-hybridized carbons (Fsp3) is 0.250. The number of thioether (sulfide) groups is 1. The minimum atomic E-state index is -0.358. The van der Waals surface area contributed by atoms with Crippen LogP contribution in [0.5, 0.6) is 0 Å². The second kappa shape index (κ2) is 8.41. The number of aryl methyl sites for hydroxylation is 2. The molecule has 4 rings (SSSR count). The second-order valence-electron chi connectivity index (χ2n) is 6.74. The zero-order valence-corrected chi connectivity index (χ0v) is 18.3. The van der Waals surface area contributed by atoms with Gasteiger partial charge in [-0.3, -0.25) is 9.59 Å². The van der Waals surface area contributed by atoms with Gasteiger partial charge in [-0.25, -0.2) is 14.6 Å². The lowest BCUT2D eigenvalue weighted by Crippen LogP contribution is -2.24. The molecule has 30 heavy (non-hydrogen) atoms. The van der Waals surface area contributed by atoms with Gasteiger partial charge in [0.1, 0.15) is 10.7 Å². The molecule has 0 saturated carbocycles. The van der Waals surface area contributed by atoms with Crippen LogP contribution in [0.3, 0.4) is 0 Å². The molecule has 0 saturated heterocycles. The van der Waals surface area contributed by atoms with Gasteiger partial charge in [0.05, 0.1) is 22.1 Å². The third-order valence-corrected chi connectivity index (χ3v) is 6.95. The van der Waals surface area contributed by atoms with Gasteiger partial charge in [-0.05, 0) is 44.5 Å². The predicted molar refractivity (Wildman–Crippen MR) is 120 cm³/mol. The molecule has 0 spiro atoms. The van der Waals surface area contributed by atoms with E-state index in [0.29, 0.717) is 28.5 Å². The monoisotopic (exact) mass is 440 g/mol. The van der Waals surface area contributed by atoms with E-state index < -0.39 is 0 Å². The standard InChI is InChI=1S/C20H20N6O2S2/c1-11-12(2)30-20-16(11)19(28)24-15(25-20)10-29-13(3)18(27)23-14-6-4-7-21-17(14)26-9-5-8-22-26/h4-9,13H,10H2,1-3H3,(H,23,27)(H,24,25,28)/t13-/m1/s1. The fourth-order valence-corrected chi connectivity index (χ4v) is 4.76. The van der Waals surface area contributed by atoms with E-state index in [4.69, 9.17) is 0 Å². The van der Waals surface area contributed by atoms with Crippen LogP contribution in [0.2, 0.25) is 0 Å². The minimum Gasteiger partial charge on any atom is -0.322 e. The smallest absolute Gasteiger partial charge is 0.259 e. The van der Waals surface area contributed by atoms with Crippen LogP contribution in [0.25, 0.3) is 16.0 Å². The molecular weight excluding hydrogens is 420 g/mol. The van der Waals surface area contributed by atoms with Gasteiger partial charge in [0.15, 0.2) is 5.82 Å². The first-order valence-electron chi connectivity index (χ1n) is 9.30. The molecule has 0 unspecified atom stereocenters. The highest BCUT2D eigenvalue weighted by Crippen LogP contribution is 2.27. The zero-order valence-electron chi connectivity index (χ0n) is 16.7. The molecule has 0 bridgehead atoms. The molecule has 2 N–H and O–H groups in total. The lowest BCUT2D eigenvalue weighted by molar-refractivity contribution is -0.115. The van der Waals surface area contributed by atoms with Crippen LogP contribution in [0.1, 0.15) is 23.2 Å². The number of rotatable bonds is 6. The first kappa shape index (κ1) is 20.3. The van der Waals surface area contributed by atoms with Crippen molar-refractivity contribution < 1.29 is 4.79 Å². The number of nitrogens with zero attached hydrogens (tertiary/aromatic N) is 4. The van der Waals surface area contributed by atoms with E-state index in [2.05, 4.69) is 25.4 Å². The maximum absolute atomic E-state index is 12.7. The van der Waals surface area contributed by atoms with Crippen LogP contribution in [0.15, 0.2) is 41.6 Å². The van der Waals surface area contributed by atoms with Crippen LogP contribution in [-0.4, -0.2) is 35.9 Å². The van der Waals surface area contributed by atoms with Gasteiger partial charge in [-0.15, -0.1) is 23.1 Å². The van der Waals surface area contributed by atoms with Gasteiger partial charge in [-0.2, -0.15) is 5.10 Å². The topological polar surface area (TPSA) is 106 Å². The van der Waals surface area contributed by atoms with Crippen LogP contribution < -0.4 is 10.9 Å². The molecule has 8 nitrogen and oxygen atoms in total. The maximum atomic E-state index is 12.7. The van der Waals surface area contributed by atoms with E-state index in [1.807, 2.05) is 20.8 Å². The van der Waals surface area contributed by atoms with Gasteiger partial charge in [0.25, 0.3) is 5.56 Å². The number of aromatic nitrogens is 5. The number of amides is 1. The Morgan fingerprint density at radius 3 is 2.93 bits per heavy atom. The quantitative estimate of drug-likeness (QED) is 0.476. The highest BCUT2D eigenvalue weighted by Gasteiger charge is 2.18. The zero-order chi connectivity index (χ0) is 21.3. The highest BCUT2D eigenvalue weighted by molar-refractivity contribution is 7.99. The van der Waals surface area contributed by atoms with E-state index >= 15 is 0 Å². The molecule has 1 amide bonds. The maximum Gasteiger partial charge on any atom is 0.259 e. The number of thiophene rings is 1. The number of H-pyrrole nitrogens is 1. The summed E-state index contributed by atoms with van der Waals surface area (Å²) in [6.45, 7) is 5.74. The number of fused-ring (bicyclic) bond motifs is 1. The fourth-order valence-electron chi connectivity index (χ4n) is 2.95. The van der Waals surface area contributed by atoms with Crippen LogP contribution in [-0.2, 0) is 10.5 Å². The summed E-state index contributed by atoms with van der Waals surface area (Å²) in [6.07, 6.45) is 5.07. The minimum absolute atomic E-state index is 0.131. The molecule has 4 aromatic heterocycles. The molecule has 4 aromatic rings. The number of hydrogen-bond donors (Lipinski definition) is 2. The molecule has 0 fully saturated rings. The average Bonchev–Trinajstić information content (AvgIpc) is 3.35. The molecule has 0 radical (unpaired) electrons. The van der Waals surface area contributed by atoms with Crippen molar-refractivity contribution in [2.24, 2.45) is 0 Å². The number of hydrogen-bond acceptors (Lipinski definition) is 7. The van der Waals surface area contributed by atoms with Crippen molar-refractivity contribution >= 4 is 44.9 Å². The Morgan fingerprint density at radius 1 is 1.33 bits per heavy atom. The summed E-state index contributed by atoms with van der Waals surface area (Å²) in [5.41, 5.74) is 1.42. The van der Waals surface area contributed by atoms with Gasteiger partial charge in [0.2, 0.25) is 5.91 Å². The number of nitrogens with one attached hydrogen (secondary N) is 2. The molecule has 0 aromatic carbocycles. The van der Waals surface area contributed by atoms with E-state index in [9.17, 15) is 9.59 Å². The summed E-state index contributed by atoms with van der Waals surface area (Å²) in [5, 5.41) is 7.38. The van der Waals surface area contributed by atoms with Crippen LogP contribution in [0.4, 0.5) is 5.69 Å². The molecule has 1 atom stereocenters. The van der Waals surface area contributed by atoms with E-state index in [-0.39, 0.29) is 16.7 Å². The number of carbonyl (C=O) groups excluding carboxylic acids is 1. The third-order valence-electron chi connectivity index (χ3n) is 4.69. The summed E-state index contributed by atoms with van der Waals surface area (Å²) in [6, 6.07) is 5.34. The van der Waals surface area contributed by atoms with Gasteiger partial charge < -0.3 is 10.3 Å². The van der Waals surface area contributed by atoms with Gasteiger partial charge in [0, 0.05) is 23.5 Å². The van der Waals surface area contributed by atoms with Crippen LogP contribution >= 0.6 is 23.1 Å². The lowest BCUT2D eigenvalue weighted by atomic mass is 10.2. The number of anilines is 1. The van der Waals surface area contributed by atoms with Crippen molar-refractivity contribution in [1.82, 2.24) is 24.7 Å². The number of carbonyl (C=O) groups is 1. The van der Waals surface area contributed by atoms with Gasteiger partial charge in [-0.1, -0.05) is 0 Å². The largest absolute Gasteiger partial charge is 0.322 e. The summed E-state index contributed by atoms with van der Waals surface area (Å²) in [4.78, 5) is 38.7.